The van der Waals surface area contributed by atoms with E-state index in [9.17, 15) is 9.59 Å². The number of aromatic nitrogens is 3. The van der Waals surface area contributed by atoms with Crippen LogP contribution in [0.4, 0.5) is 0 Å². The summed E-state index contributed by atoms with van der Waals surface area (Å²) in [7, 11) is 3.50. The Kier molecular flexibility index (Phi) is 7.62. The Balaban J connectivity index is 1.40. The molecule has 0 fully saturated rings. The summed E-state index contributed by atoms with van der Waals surface area (Å²) >= 11 is 0. The molecule has 7 heteroatoms. The van der Waals surface area contributed by atoms with Gasteiger partial charge in [0.2, 0.25) is 0 Å². The fraction of sp³-hybridized carbons (Fsp3) is 0.375. The smallest absolute Gasteiger partial charge is 0.253 e. The SMILES string of the molecule is Cc1cc(-c2cnc3[nH]cc(-c4ccc(C(=O)N(C)C)cc4)c3n2)cc2c1CCN(CCC(=O)CC(C)C)C2. The summed E-state index contributed by atoms with van der Waals surface area (Å²) in [6.45, 7) is 9.02. The number of aromatic amines is 1. The molecule has 0 bridgehead atoms. The number of nitrogens with zero attached hydrogens (tertiary/aromatic N) is 4. The molecule has 4 aromatic rings. The molecule has 39 heavy (non-hydrogen) atoms. The molecule has 0 unspecified atom stereocenters. The van der Waals surface area contributed by atoms with Crippen LogP contribution in [0.25, 0.3) is 33.5 Å². The summed E-state index contributed by atoms with van der Waals surface area (Å²) < 4.78 is 0. The molecule has 0 spiro atoms. The molecule has 202 valence electrons. The lowest BCUT2D eigenvalue weighted by Gasteiger charge is -2.30. The fourth-order valence-corrected chi connectivity index (χ4v) is 5.46. The lowest BCUT2D eigenvalue weighted by Crippen LogP contribution is -2.32. The average Bonchev–Trinajstić information content (AvgIpc) is 3.34. The zero-order valence-electron chi connectivity index (χ0n) is 23.5. The molecule has 7 nitrogen and oxygen atoms in total. The number of benzene rings is 2. The topological polar surface area (TPSA) is 82.2 Å². The molecule has 5 rings (SSSR count). The van der Waals surface area contributed by atoms with Gasteiger partial charge >= 0.3 is 0 Å². The van der Waals surface area contributed by atoms with E-state index in [1.165, 1.54) is 16.7 Å². The maximum absolute atomic E-state index is 12.3. The van der Waals surface area contributed by atoms with Gasteiger partial charge in [0.1, 0.15) is 11.3 Å². The third-order valence-electron chi connectivity index (χ3n) is 7.51. The van der Waals surface area contributed by atoms with Crippen LogP contribution in [0.1, 0.15) is 53.7 Å². The molecular weight excluding hydrogens is 486 g/mol. The predicted octanol–water partition coefficient (Wildman–Crippen LogP) is 5.67. The highest BCUT2D eigenvalue weighted by atomic mass is 16.2. The first-order valence-electron chi connectivity index (χ1n) is 13.7. The van der Waals surface area contributed by atoms with E-state index in [0.29, 0.717) is 30.1 Å². The largest absolute Gasteiger partial charge is 0.345 e. The van der Waals surface area contributed by atoms with Crippen LogP contribution in [0.3, 0.4) is 0 Å². The van der Waals surface area contributed by atoms with Gasteiger partial charge in [0.25, 0.3) is 5.91 Å². The number of aryl methyl sites for hydroxylation is 1. The van der Waals surface area contributed by atoms with E-state index in [1.54, 1.807) is 19.0 Å². The zero-order chi connectivity index (χ0) is 27.7. The van der Waals surface area contributed by atoms with Crippen LogP contribution in [-0.2, 0) is 17.8 Å². The van der Waals surface area contributed by atoms with E-state index >= 15 is 0 Å². The van der Waals surface area contributed by atoms with E-state index in [2.05, 4.69) is 47.8 Å². The van der Waals surface area contributed by atoms with Crippen LogP contribution < -0.4 is 0 Å². The van der Waals surface area contributed by atoms with Crippen LogP contribution in [0.5, 0.6) is 0 Å². The minimum atomic E-state index is -0.0222. The number of ketones is 1. The van der Waals surface area contributed by atoms with Crippen LogP contribution in [-0.4, -0.2) is 63.6 Å². The van der Waals surface area contributed by atoms with Crippen LogP contribution in [0.2, 0.25) is 0 Å². The monoisotopic (exact) mass is 523 g/mol. The van der Waals surface area contributed by atoms with Crippen LogP contribution >= 0.6 is 0 Å². The Bertz CT molecular complexity index is 1520. The summed E-state index contributed by atoms with van der Waals surface area (Å²) in [5.74, 6) is 0.743. The van der Waals surface area contributed by atoms with E-state index in [4.69, 9.17) is 4.98 Å². The minimum absolute atomic E-state index is 0.0222. The van der Waals surface area contributed by atoms with Gasteiger partial charge in [0.05, 0.1) is 11.9 Å². The van der Waals surface area contributed by atoms with Crippen LogP contribution in [0, 0.1) is 12.8 Å². The van der Waals surface area contributed by atoms with Gasteiger partial charge in [-0.15, -0.1) is 0 Å². The Labute approximate surface area is 230 Å². The normalized spacial score (nSPS) is 13.6. The number of fused-ring (bicyclic) bond motifs is 2. The van der Waals surface area contributed by atoms with Crippen molar-refractivity contribution in [3.8, 4) is 22.4 Å². The summed E-state index contributed by atoms with van der Waals surface area (Å²) in [6.07, 6.45) is 6.03. The molecule has 2 aromatic heterocycles. The first-order chi connectivity index (χ1) is 18.7. The van der Waals surface area contributed by atoms with Crippen molar-refractivity contribution in [2.75, 3.05) is 27.2 Å². The van der Waals surface area contributed by atoms with E-state index in [1.807, 2.05) is 36.7 Å². The highest BCUT2D eigenvalue weighted by molar-refractivity contribution is 5.96. The molecule has 0 atom stereocenters. The molecule has 0 radical (unpaired) electrons. The number of amides is 1. The Morgan fingerprint density at radius 2 is 1.87 bits per heavy atom. The molecule has 3 heterocycles. The van der Waals surface area contributed by atoms with Crippen molar-refractivity contribution in [1.82, 2.24) is 24.8 Å². The van der Waals surface area contributed by atoms with Crippen molar-refractivity contribution in [3.05, 3.63) is 71.0 Å². The lowest BCUT2D eigenvalue weighted by molar-refractivity contribution is -0.120. The quantitative estimate of drug-likeness (QED) is 0.322. The lowest BCUT2D eigenvalue weighted by atomic mass is 9.92. The van der Waals surface area contributed by atoms with Crippen molar-refractivity contribution in [2.24, 2.45) is 5.92 Å². The summed E-state index contributed by atoms with van der Waals surface area (Å²) in [4.78, 5) is 41.5. The summed E-state index contributed by atoms with van der Waals surface area (Å²) in [5.41, 5.74) is 10.00. The van der Waals surface area contributed by atoms with Gasteiger partial charge in [-0.2, -0.15) is 0 Å². The molecule has 0 saturated carbocycles. The summed E-state index contributed by atoms with van der Waals surface area (Å²) in [6, 6.07) is 12.1. The molecule has 2 aromatic carbocycles. The minimum Gasteiger partial charge on any atom is -0.345 e. The number of hydrogen-bond acceptors (Lipinski definition) is 5. The average molecular weight is 524 g/mol. The standard InChI is InChI=1S/C32H37N5O2/c1-20(2)14-26(38)10-12-37-13-11-27-21(3)15-24(16-25(27)19-37)29-18-34-31-30(35-29)28(17-33-31)22-6-8-23(9-7-22)32(39)36(4)5/h6-9,15-18,20H,10-14,19H2,1-5H3,(H,33,34). The van der Waals surface area contributed by atoms with Gasteiger partial charge in [-0.3, -0.25) is 14.5 Å². The van der Waals surface area contributed by atoms with Crippen molar-refractivity contribution in [2.45, 2.75) is 46.6 Å². The maximum atomic E-state index is 12.3. The Morgan fingerprint density at radius 3 is 2.59 bits per heavy atom. The number of nitrogens with one attached hydrogen (secondary N) is 1. The Hall–Kier alpha value is -3.84. The highest BCUT2D eigenvalue weighted by Crippen LogP contribution is 2.32. The molecule has 0 saturated heterocycles. The van der Waals surface area contributed by atoms with Gasteiger partial charge in [0.15, 0.2) is 5.65 Å². The molecular formula is C32H37N5O2. The summed E-state index contributed by atoms with van der Waals surface area (Å²) in [5, 5.41) is 0. The zero-order valence-corrected chi connectivity index (χ0v) is 23.5. The molecule has 1 aliphatic rings. The third kappa shape index (κ3) is 5.78. The Morgan fingerprint density at radius 1 is 1.10 bits per heavy atom. The van der Waals surface area contributed by atoms with Crippen molar-refractivity contribution in [1.29, 1.82) is 0 Å². The van der Waals surface area contributed by atoms with Crippen molar-refractivity contribution >= 4 is 22.9 Å². The van der Waals surface area contributed by atoms with Crippen LogP contribution in [0.15, 0.2) is 48.8 Å². The number of Topliss-reactive ketones (excluding diaryl/α,β-unsaturated/α-hetero) is 1. The second kappa shape index (κ2) is 11.1. The second-order valence-corrected chi connectivity index (χ2v) is 11.3. The number of carbonyl (C=O) groups excluding carboxylic acids is 2. The third-order valence-corrected chi connectivity index (χ3v) is 7.51. The van der Waals surface area contributed by atoms with E-state index in [0.717, 1.165) is 59.6 Å². The molecule has 1 amide bonds. The van der Waals surface area contributed by atoms with Crippen molar-refractivity contribution in [3.63, 3.8) is 0 Å². The molecule has 1 aliphatic heterocycles. The number of H-pyrrole nitrogens is 1. The van der Waals surface area contributed by atoms with Gasteiger partial charge in [-0.1, -0.05) is 26.0 Å². The van der Waals surface area contributed by atoms with Gasteiger partial charge in [-0.25, -0.2) is 9.97 Å². The fourth-order valence-electron chi connectivity index (χ4n) is 5.46. The highest BCUT2D eigenvalue weighted by Gasteiger charge is 2.21. The van der Waals surface area contributed by atoms with E-state index < -0.39 is 0 Å². The first-order valence-corrected chi connectivity index (χ1v) is 13.7. The number of rotatable bonds is 8. The molecule has 0 aliphatic carbocycles. The van der Waals surface area contributed by atoms with Crippen molar-refractivity contribution < 1.29 is 9.59 Å². The predicted molar refractivity (Wildman–Crippen MR) is 156 cm³/mol. The molecule has 1 N–H and O–H groups in total. The van der Waals surface area contributed by atoms with Gasteiger partial charge < -0.3 is 9.88 Å². The van der Waals surface area contributed by atoms with E-state index in [-0.39, 0.29) is 5.91 Å². The first kappa shape index (κ1) is 26.8. The number of hydrogen-bond donors (Lipinski definition) is 1. The van der Waals surface area contributed by atoms with Gasteiger partial charge in [0, 0.05) is 69.5 Å². The second-order valence-electron chi connectivity index (χ2n) is 11.3. The number of carbonyl (C=O) groups is 2. The van der Waals surface area contributed by atoms with Gasteiger partial charge in [-0.05, 0) is 65.8 Å². The maximum Gasteiger partial charge on any atom is 0.253 e.